The number of unbranched alkanes of at least 4 members (excludes halogenated alkanes) is 24. The van der Waals surface area contributed by atoms with Crippen molar-refractivity contribution in [3.63, 3.8) is 0 Å². The molecule has 0 radical (unpaired) electrons. The maximum Gasteiger partial charge on any atom is 0.306 e. The summed E-state index contributed by atoms with van der Waals surface area (Å²) in [6, 6.07) is 0. The number of carbonyl (C=O) groups is 3. The minimum Gasteiger partial charge on any atom is -0.462 e. The van der Waals surface area contributed by atoms with E-state index in [1.54, 1.807) is 0 Å². The molecule has 1 unspecified atom stereocenters. The minimum atomic E-state index is -1.09. The van der Waals surface area contributed by atoms with Crippen molar-refractivity contribution in [2.24, 2.45) is 0 Å². The molecule has 56 heavy (non-hydrogen) atoms. The van der Waals surface area contributed by atoms with Crippen molar-refractivity contribution in [3.8, 4) is 0 Å². The van der Waals surface area contributed by atoms with Crippen LogP contribution < -0.4 is 5.32 Å². The Morgan fingerprint density at radius 2 is 0.875 bits per heavy atom. The van der Waals surface area contributed by atoms with Gasteiger partial charge in [0.2, 0.25) is 0 Å². The highest BCUT2D eigenvalue weighted by Gasteiger charge is 2.41. The second-order valence-corrected chi connectivity index (χ2v) is 17.4. The van der Waals surface area contributed by atoms with Crippen LogP contribution in [0.2, 0.25) is 0 Å². The fourth-order valence-corrected chi connectivity index (χ4v) is 7.72. The molecule has 7 nitrogen and oxygen atoms in total. The molecule has 0 aliphatic rings. The molecule has 0 aliphatic carbocycles. The first-order valence-corrected chi connectivity index (χ1v) is 24.6. The van der Waals surface area contributed by atoms with Gasteiger partial charge in [0.25, 0.3) is 5.91 Å². The number of amides is 1. The third-order valence-corrected chi connectivity index (χ3v) is 11.5. The Morgan fingerprint density at radius 3 is 1.32 bits per heavy atom. The van der Waals surface area contributed by atoms with Crippen LogP contribution in [-0.2, 0) is 23.9 Å². The topological polar surface area (TPSA) is 84.9 Å². The van der Waals surface area contributed by atoms with Gasteiger partial charge in [-0.05, 0) is 84.8 Å². The molecule has 0 saturated heterocycles. The fraction of sp³-hybridized carbons (Fsp3) is 0.939. The summed E-state index contributed by atoms with van der Waals surface area (Å²) in [5, 5.41) is 3.17. The molecule has 0 aromatic rings. The van der Waals surface area contributed by atoms with Crippen molar-refractivity contribution in [2.45, 2.75) is 271 Å². The van der Waals surface area contributed by atoms with E-state index in [0.29, 0.717) is 32.2 Å². The first-order valence-electron chi connectivity index (χ1n) is 24.6. The van der Waals surface area contributed by atoms with Crippen LogP contribution in [0.5, 0.6) is 0 Å². The zero-order valence-corrected chi connectivity index (χ0v) is 38.4. The predicted octanol–water partition coefficient (Wildman–Crippen LogP) is 14.0. The van der Waals surface area contributed by atoms with Crippen molar-refractivity contribution in [2.75, 3.05) is 27.2 Å². The maximum atomic E-state index is 13.9. The van der Waals surface area contributed by atoms with Crippen LogP contribution in [0, 0.1) is 0 Å². The summed E-state index contributed by atoms with van der Waals surface area (Å²) in [4.78, 5) is 41.9. The number of carbonyl (C=O) groups excluding carboxylic acids is 3. The number of nitrogens with one attached hydrogen (secondary N) is 1. The van der Waals surface area contributed by atoms with Gasteiger partial charge in [0.15, 0.2) is 5.60 Å². The third kappa shape index (κ3) is 33.4. The molecule has 0 saturated carbocycles. The Balaban J connectivity index is 4.95. The van der Waals surface area contributed by atoms with Crippen LogP contribution in [-0.4, -0.2) is 61.6 Å². The summed E-state index contributed by atoms with van der Waals surface area (Å²) < 4.78 is 12.1. The molecule has 0 aromatic heterocycles. The van der Waals surface area contributed by atoms with Crippen LogP contribution in [0.3, 0.4) is 0 Å². The Hall–Kier alpha value is -1.63. The van der Waals surface area contributed by atoms with Crippen molar-refractivity contribution < 1.29 is 23.9 Å². The quantitative estimate of drug-likeness (QED) is 0.0489. The lowest BCUT2D eigenvalue weighted by atomic mass is 9.88. The number of hydrogen-bond acceptors (Lipinski definition) is 6. The van der Waals surface area contributed by atoms with Crippen molar-refractivity contribution >= 4 is 17.8 Å². The second-order valence-electron chi connectivity index (χ2n) is 17.4. The Bertz CT molecular complexity index is 888. The Morgan fingerprint density at radius 1 is 0.482 bits per heavy atom. The molecule has 0 spiro atoms. The highest BCUT2D eigenvalue weighted by Crippen LogP contribution is 2.29. The summed E-state index contributed by atoms with van der Waals surface area (Å²) in [6.07, 6.45) is 38.9. The molecular weight excluding hydrogens is 697 g/mol. The average molecular weight is 793 g/mol. The Labute approximate surface area is 348 Å². The van der Waals surface area contributed by atoms with E-state index in [1.807, 2.05) is 0 Å². The van der Waals surface area contributed by atoms with Crippen LogP contribution in [0.1, 0.15) is 259 Å². The van der Waals surface area contributed by atoms with Crippen LogP contribution in [0.4, 0.5) is 0 Å². The van der Waals surface area contributed by atoms with E-state index >= 15 is 0 Å². The number of hydrogen-bond donors (Lipinski definition) is 1. The summed E-state index contributed by atoms with van der Waals surface area (Å²) in [5.74, 6) is -0.369. The van der Waals surface area contributed by atoms with Gasteiger partial charge in [-0.1, -0.05) is 182 Å². The van der Waals surface area contributed by atoms with E-state index < -0.39 is 5.60 Å². The zero-order chi connectivity index (χ0) is 41.4. The van der Waals surface area contributed by atoms with Gasteiger partial charge in [-0.25, -0.2) is 0 Å². The highest BCUT2D eigenvalue weighted by atomic mass is 16.6. The molecule has 0 bridgehead atoms. The Kier molecular flexibility index (Phi) is 39.0. The zero-order valence-electron chi connectivity index (χ0n) is 38.4. The summed E-state index contributed by atoms with van der Waals surface area (Å²) in [6.45, 7) is 10.3. The largest absolute Gasteiger partial charge is 0.462 e. The van der Waals surface area contributed by atoms with Crippen molar-refractivity contribution in [1.82, 2.24) is 10.2 Å². The molecule has 0 aromatic carbocycles. The van der Waals surface area contributed by atoms with Gasteiger partial charge in [0.05, 0.1) is 0 Å². The molecule has 0 fully saturated rings. The van der Waals surface area contributed by atoms with Gasteiger partial charge in [0.1, 0.15) is 6.10 Å². The first kappa shape index (κ1) is 54.4. The van der Waals surface area contributed by atoms with Gasteiger partial charge in [0, 0.05) is 19.4 Å². The lowest BCUT2D eigenvalue weighted by molar-refractivity contribution is -0.171. The van der Waals surface area contributed by atoms with Crippen LogP contribution in [0.25, 0.3) is 0 Å². The maximum absolute atomic E-state index is 13.9. The van der Waals surface area contributed by atoms with E-state index in [4.69, 9.17) is 9.47 Å². The summed E-state index contributed by atoms with van der Waals surface area (Å²) in [7, 11) is 4.10. The standard InChI is InChI=1S/C49H96N2O5/c1-7-11-15-16-17-18-19-20-21-22-23-24-25-27-30-34-41-49(48(54)50-43-14-10-4,56-47(53)40-33-36-44-51(5)6)42-35-31-28-26-29-32-39-46(52)55-45(37-12-8-2)38-13-9-3/h45H,7-44H2,1-6H3,(H,50,54). The number of nitrogens with zero attached hydrogens (tertiary/aromatic N) is 1. The van der Waals surface area contributed by atoms with Gasteiger partial charge in [-0.15, -0.1) is 0 Å². The predicted molar refractivity (Wildman–Crippen MR) is 239 cm³/mol. The number of esters is 2. The van der Waals surface area contributed by atoms with Crippen LogP contribution >= 0.6 is 0 Å². The fourth-order valence-electron chi connectivity index (χ4n) is 7.72. The molecule has 1 amide bonds. The van der Waals surface area contributed by atoms with E-state index in [-0.39, 0.29) is 23.9 Å². The number of rotatable bonds is 43. The van der Waals surface area contributed by atoms with E-state index in [1.165, 1.54) is 89.9 Å². The van der Waals surface area contributed by atoms with Gasteiger partial charge in [-0.2, -0.15) is 0 Å². The van der Waals surface area contributed by atoms with E-state index in [9.17, 15) is 14.4 Å². The van der Waals surface area contributed by atoms with Gasteiger partial charge < -0.3 is 19.7 Å². The smallest absolute Gasteiger partial charge is 0.306 e. The SMILES string of the molecule is CCCCCCCCCCCCCCCCCCC(CCCCCCCCC(=O)OC(CCCC)CCCC)(OC(=O)CCCCN(C)C)C(=O)NCCCC. The lowest BCUT2D eigenvalue weighted by Gasteiger charge is -2.33. The van der Waals surface area contributed by atoms with Crippen molar-refractivity contribution in [1.29, 1.82) is 0 Å². The highest BCUT2D eigenvalue weighted by molar-refractivity contribution is 5.87. The van der Waals surface area contributed by atoms with E-state index in [2.05, 4.69) is 52.0 Å². The summed E-state index contributed by atoms with van der Waals surface area (Å²) in [5.41, 5.74) is -1.09. The number of ether oxygens (including phenoxy) is 2. The minimum absolute atomic E-state index is 0.0429. The molecule has 0 rings (SSSR count). The molecular formula is C49H96N2O5. The molecule has 0 heterocycles. The normalized spacial score (nSPS) is 12.6. The lowest BCUT2D eigenvalue weighted by Crippen LogP contribution is -2.50. The monoisotopic (exact) mass is 793 g/mol. The molecule has 1 N–H and O–H groups in total. The summed E-state index contributed by atoms with van der Waals surface area (Å²) >= 11 is 0. The molecule has 0 aliphatic heterocycles. The molecule has 1 atom stereocenters. The second kappa shape index (κ2) is 40.2. The molecule has 332 valence electrons. The van der Waals surface area contributed by atoms with Crippen LogP contribution in [0.15, 0.2) is 0 Å². The van der Waals surface area contributed by atoms with Gasteiger partial charge >= 0.3 is 11.9 Å². The average Bonchev–Trinajstić information content (AvgIpc) is 3.18. The first-order chi connectivity index (χ1) is 27.2. The van der Waals surface area contributed by atoms with Crippen molar-refractivity contribution in [3.05, 3.63) is 0 Å². The third-order valence-electron chi connectivity index (χ3n) is 11.5. The molecule has 7 heteroatoms. The van der Waals surface area contributed by atoms with E-state index in [0.717, 1.165) is 122 Å². The van der Waals surface area contributed by atoms with Gasteiger partial charge in [-0.3, -0.25) is 14.4 Å².